The van der Waals surface area contributed by atoms with Crippen molar-refractivity contribution in [2.45, 2.75) is 36.6 Å². The number of Topliss-reactive ketones (excluding diaryl/α,β-unsaturated/α-hetero) is 2. The van der Waals surface area contributed by atoms with Gasteiger partial charge in [0.1, 0.15) is 29.5 Å². The van der Waals surface area contributed by atoms with Crippen LogP contribution >= 0.6 is 0 Å². The van der Waals surface area contributed by atoms with Gasteiger partial charge >= 0.3 is 0 Å². The lowest BCUT2D eigenvalue weighted by atomic mass is 9.76. The SMILES string of the molecule is COC1CC(=O)c2cccc3c2C12Oc1ccc(O)c4c1C(O3)(O2)C(O)CC4=O. The van der Waals surface area contributed by atoms with Crippen molar-refractivity contribution in [3.05, 3.63) is 52.6 Å². The molecule has 148 valence electrons. The molecule has 0 aromatic heterocycles. The normalized spacial score (nSPS) is 33.3. The number of aromatic hydroxyl groups is 1. The predicted molar refractivity (Wildman–Crippen MR) is 94.9 cm³/mol. The van der Waals surface area contributed by atoms with Crippen molar-refractivity contribution in [3.8, 4) is 17.2 Å². The number of carbonyl (C=O) groups excluding carboxylic acids is 2. The fourth-order valence-electron chi connectivity index (χ4n) is 4.95. The lowest BCUT2D eigenvalue weighted by molar-refractivity contribution is -0.406. The standard InChI is InChI=1S/C21H16O8/c1-26-16-8-11(23)9-3-2-4-13-18(9)21(16)28-14-6-5-10(22)17-12(24)7-15(25)20(27-13,29-21)19(14)17/h2-6,15-16,22,25H,7-8H2,1H3. The van der Waals surface area contributed by atoms with Gasteiger partial charge in [-0.05, 0) is 18.2 Å². The van der Waals surface area contributed by atoms with E-state index >= 15 is 0 Å². The third-order valence-corrected chi connectivity index (χ3v) is 6.17. The summed E-state index contributed by atoms with van der Waals surface area (Å²) in [6.07, 6.45) is -2.44. The van der Waals surface area contributed by atoms with Crippen LogP contribution in [0, 0.1) is 0 Å². The van der Waals surface area contributed by atoms with E-state index in [1.807, 2.05) is 0 Å². The Bertz CT molecular complexity index is 1120. The molecule has 2 aliphatic heterocycles. The van der Waals surface area contributed by atoms with Crippen LogP contribution in [0.2, 0.25) is 0 Å². The second-order valence-electron chi connectivity index (χ2n) is 7.65. The highest BCUT2D eigenvalue weighted by Crippen LogP contribution is 2.62. The Morgan fingerprint density at radius 3 is 2.55 bits per heavy atom. The quantitative estimate of drug-likeness (QED) is 0.750. The van der Waals surface area contributed by atoms with E-state index in [-0.39, 0.29) is 41.3 Å². The first-order chi connectivity index (χ1) is 13.9. The summed E-state index contributed by atoms with van der Waals surface area (Å²) in [5.41, 5.74) is 0.949. The van der Waals surface area contributed by atoms with Gasteiger partial charge < -0.3 is 24.4 Å². The van der Waals surface area contributed by atoms with E-state index in [2.05, 4.69) is 0 Å². The molecule has 29 heavy (non-hydrogen) atoms. The Morgan fingerprint density at radius 2 is 1.76 bits per heavy atom. The Balaban J connectivity index is 1.73. The number of methoxy groups -OCH3 is 1. The molecule has 2 N–H and O–H groups in total. The molecular weight excluding hydrogens is 380 g/mol. The number of aliphatic hydroxyl groups is 1. The molecule has 8 heteroatoms. The zero-order valence-electron chi connectivity index (χ0n) is 15.3. The fraction of sp³-hybridized carbons (Fsp3) is 0.333. The van der Waals surface area contributed by atoms with Gasteiger partial charge in [0.2, 0.25) is 0 Å². The molecule has 0 saturated carbocycles. The van der Waals surface area contributed by atoms with Crippen LogP contribution in [0.25, 0.3) is 0 Å². The lowest BCUT2D eigenvalue weighted by Crippen LogP contribution is -2.67. The minimum atomic E-state index is -1.78. The van der Waals surface area contributed by atoms with Gasteiger partial charge in [-0.2, -0.15) is 0 Å². The average molecular weight is 396 g/mol. The number of rotatable bonds is 1. The molecule has 0 fully saturated rings. The van der Waals surface area contributed by atoms with Gasteiger partial charge in [0.05, 0.1) is 16.7 Å². The number of ketones is 2. The first-order valence-electron chi connectivity index (χ1n) is 9.26. The molecule has 6 rings (SSSR count). The first kappa shape index (κ1) is 17.0. The average Bonchev–Trinajstić information content (AvgIpc) is 2.70. The Hall–Kier alpha value is -2.94. The van der Waals surface area contributed by atoms with Crippen LogP contribution in [0.3, 0.4) is 0 Å². The number of carbonyl (C=O) groups is 2. The van der Waals surface area contributed by atoms with Crippen LogP contribution in [0.15, 0.2) is 30.3 Å². The van der Waals surface area contributed by atoms with Crippen LogP contribution in [0.1, 0.15) is 44.7 Å². The Morgan fingerprint density at radius 1 is 1.00 bits per heavy atom. The molecule has 2 heterocycles. The molecule has 4 aliphatic rings. The summed E-state index contributed by atoms with van der Waals surface area (Å²) in [5.74, 6) is -3.61. The molecule has 0 amide bonds. The maximum atomic E-state index is 12.7. The minimum absolute atomic E-state index is 0.00288. The van der Waals surface area contributed by atoms with E-state index in [0.29, 0.717) is 16.9 Å². The molecule has 2 aromatic rings. The summed E-state index contributed by atoms with van der Waals surface area (Å²) in [4.78, 5) is 25.3. The third kappa shape index (κ3) is 1.80. The van der Waals surface area contributed by atoms with Crippen molar-refractivity contribution in [2.75, 3.05) is 7.11 Å². The number of phenols is 1. The van der Waals surface area contributed by atoms with Gasteiger partial charge in [0, 0.05) is 25.5 Å². The maximum Gasteiger partial charge on any atom is 0.272 e. The predicted octanol–water partition coefficient (Wildman–Crippen LogP) is 1.75. The first-order valence-corrected chi connectivity index (χ1v) is 9.26. The molecule has 4 atom stereocenters. The van der Waals surface area contributed by atoms with Gasteiger partial charge in [0.15, 0.2) is 11.6 Å². The van der Waals surface area contributed by atoms with Gasteiger partial charge in [-0.15, -0.1) is 0 Å². The number of aliphatic hydroxyl groups excluding tert-OH is 1. The van der Waals surface area contributed by atoms with Gasteiger partial charge in [-0.1, -0.05) is 12.1 Å². The monoisotopic (exact) mass is 396 g/mol. The molecule has 2 bridgehead atoms. The summed E-state index contributed by atoms with van der Waals surface area (Å²) in [6, 6.07) is 7.86. The van der Waals surface area contributed by atoms with E-state index in [1.165, 1.54) is 19.2 Å². The van der Waals surface area contributed by atoms with E-state index < -0.39 is 29.6 Å². The second kappa shape index (κ2) is 5.15. The number of ether oxygens (including phenoxy) is 4. The second-order valence-corrected chi connectivity index (χ2v) is 7.65. The molecule has 2 aromatic carbocycles. The van der Waals surface area contributed by atoms with E-state index in [0.717, 1.165) is 0 Å². The zero-order valence-corrected chi connectivity index (χ0v) is 15.3. The van der Waals surface area contributed by atoms with Gasteiger partial charge in [-0.3, -0.25) is 14.3 Å². The van der Waals surface area contributed by atoms with Crippen LogP contribution in [0.4, 0.5) is 0 Å². The molecule has 4 unspecified atom stereocenters. The number of hydrogen-bond donors (Lipinski definition) is 2. The Labute approximate surface area is 164 Å². The van der Waals surface area contributed by atoms with Crippen LogP contribution < -0.4 is 9.47 Å². The van der Waals surface area contributed by atoms with Crippen LogP contribution in [-0.2, 0) is 21.0 Å². The van der Waals surface area contributed by atoms with Gasteiger partial charge in [0.25, 0.3) is 11.6 Å². The van der Waals surface area contributed by atoms with Crippen molar-refractivity contribution in [3.63, 3.8) is 0 Å². The lowest BCUT2D eigenvalue weighted by Gasteiger charge is -2.57. The largest absolute Gasteiger partial charge is 0.507 e. The van der Waals surface area contributed by atoms with Crippen molar-refractivity contribution in [1.29, 1.82) is 0 Å². The van der Waals surface area contributed by atoms with Gasteiger partial charge in [-0.25, -0.2) is 0 Å². The fourth-order valence-corrected chi connectivity index (χ4v) is 4.95. The summed E-state index contributed by atoms with van der Waals surface area (Å²) in [7, 11) is 1.45. The highest BCUT2D eigenvalue weighted by Gasteiger charge is 2.69. The number of phenolic OH excluding ortho intramolecular Hbond substituents is 1. The molecule has 8 nitrogen and oxygen atoms in total. The molecular formula is C21H16O8. The zero-order chi connectivity index (χ0) is 20.1. The van der Waals surface area contributed by atoms with Crippen molar-refractivity contribution < 1.29 is 38.7 Å². The van der Waals surface area contributed by atoms with Crippen molar-refractivity contribution >= 4 is 11.6 Å². The topological polar surface area (TPSA) is 112 Å². The number of benzene rings is 2. The summed E-state index contributed by atoms with van der Waals surface area (Å²) in [5, 5.41) is 21.3. The summed E-state index contributed by atoms with van der Waals surface area (Å²) in [6.45, 7) is 0. The summed E-state index contributed by atoms with van der Waals surface area (Å²) >= 11 is 0. The third-order valence-electron chi connectivity index (χ3n) is 6.17. The molecule has 0 saturated heterocycles. The van der Waals surface area contributed by atoms with Crippen LogP contribution in [-0.4, -0.2) is 41.1 Å². The van der Waals surface area contributed by atoms with E-state index in [9.17, 15) is 19.8 Å². The van der Waals surface area contributed by atoms with Crippen molar-refractivity contribution in [1.82, 2.24) is 0 Å². The van der Waals surface area contributed by atoms with Crippen LogP contribution in [0.5, 0.6) is 17.2 Å². The Kier molecular flexibility index (Phi) is 3.01. The van der Waals surface area contributed by atoms with E-state index in [1.54, 1.807) is 18.2 Å². The molecule has 2 spiro atoms. The molecule has 2 aliphatic carbocycles. The van der Waals surface area contributed by atoms with E-state index in [4.69, 9.17) is 18.9 Å². The smallest absolute Gasteiger partial charge is 0.272 e. The highest BCUT2D eigenvalue weighted by molar-refractivity contribution is 6.03. The summed E-state index contributed by atoms with van der Waals surface area (Å²) < 4.78 is 24.4. The maximum absolute atomic E-state index is 12.7. The molecule has 0 radical (unpaired) electrons. The highest BCUT2D eigenvalue weighted by atomic mass is 16.8. The minimum Gasteiger partial charge on any atom is -0.507 e. The van der Waals surface area contributed by atoms with Crippen molar-refractivity contribution in [2.24, 2.45) is 0 Å². The number of hydrogen-bond acceptors (Lipinski definition) is 8.